The molecule has 0 aliphatic heterocycles. The van der Waals surface area contributed by atoms with E-state index in [1.54, 1.807) is 7.05 Å². The van der Waals surface area contributed by atoms with Gasteiger partial charge in [-0.1, -0.05) is 0 Å². The molecule has 0 aromatic carbocycles. The van der Waals surface area contributed by atoms with Crippen LogP contribution in [0.1, 0.15) is 0 Å². The molecule has 2 heterocycles. The second kappa shape index (κ2) is 2.71. The van der Waals surface area contributed by atoms with Crippen LogP contribution in [0.25, 0.3) is 11.2 Å². The van der Waals surface area contributed by atoms with Gasteiger partial charge in [0.25, 0.3) is 0 Å². The Labute approximate surface area is 76.8 Å². The van der Waals surface area contributed by atoms with Crippen molar-refractivity contribution in [2.75, 3.05) is 12.4 Å². The molecule has 62 valence electrons. The first-order chi connectivity index (χ1) is 5.81. The number of halogens is 1. The average molecular weight is 228 g/mol. The molecule has 0 aliphatic rings. The van der Waals surface area contributed by atoms with E-state index in [0.717, 1.165) is 11.3 Å². The Hall–Kier alpha value is -1.17. The van der Waals surface area contributed by atoms with Gasteiger partial charge in [-0.15, -0.1) is 0 Å². The van der Waals surface area contributed by atoms with Crippen LogP contribution in [0.4, 0.5) is 5.82 Å². The third-order valence-electron chi connectivity index (χ3n) is 1.50. The van der Waals surface area contributed by atoms with Crippen LogP contribution in [-0.4, -0.2) is 27.0 Å². The van der Waals surface area contributed by atoms with E-state index in [-0.39, 0.29) is 0 Å². The normalized spacial score (nSPS) is 10.5. The fourth-order valence-electron chi connectivity index (χ4n) is 0.990. The first-order valence-corrected chi connectivity index (χ1v) is 4.14. The van der Waals surface area contributed by atoms with Gasteiger partial charge >= 0.3 is 0 Å². The molecule has 0 bridgehead atoms. The van der Waals surface area contributed by atoms with Crippen molar-refractivity contribution in [2.45, 2.75) is 0 Å². The molecular formula is C6H6BrN5. The number of rotatable bonds is 1. The molecule has 2 aromatic rings. The average Bonchev–Trinajstić information content (AvgIpc) is 2.44. The van der Waals surface area contributed by atoms with Gasteiger partial charge in [0.15, 0.2) is 16.2 Å². The molecule has 0 atom stereocenters. The summed E-state index contributed by atoms with van der Waals surface area (Å²) in [7, 11) is 1.80. The maximum atomic E-state index is 4.09. The number of nitrogens with zero attached hydrogens (tertiary/aromatic N) is 3. The van der Waals surface area contributed by atoms with Gasteiger partial charge in [0.1, 0.15) is 11.8 Å². The summed E-state index contributed by atoms with van der Waals surface area (Å²) in [5.41, 5.74) is 1.47. The number of aromatic amines is 1. The third kappa shape index (κ3) is 1.04. The van der Waals surface area contributed by atoms with Crippen LogP contribution in [0.3, 0.4) is 0 Å². The molecule has 2 rings (SSSR count). The largest absolute Gasteiger partial charge is 0.371 e. The van der Waals surface area contributed by atoms with E-state index in [9.17, 15) is 0 Å². The van der Waals surface area contributed by atoms with Crippen LogP contribution in [0.2, 0.25) is 0 Å². The fraction of sp³-hybridized carbons (Fsp3) is 0.167. The molecule has 0 spiro atoms. The van der Waals surface area contributed by atoms with Crippen molar-refractivity contribution in [3.8, 4) is 0 Å². The molecule has 2 N–H and O–H groups in total. The summed E-state index contributed by atoms with van der Waals surface area (Å²) in [6.07, 6.45) is 1.47. The smallest absolute Gasteiger partial charge is 0.183 e. The summed E-state index contributed by atoms with van der Waals surface area (Å²) < 4.78 is 0.662. The van der Waals surface area contributed by atoms with E-state index >= 15 is 0 Å². The van der Waals surface area contributed by atoms with Crippen molar-refractivity contribution in [1.29, 1.82) is 0 Å². The number of hydrogen-bond acceptors (Lipinski definition) is 4. The molecule has 0 saturated carbocycles. The molecule has 6 heteroatoms. The Morgan fingerprint density at radius 1 is 1.50 bits per heavy atom. The van der Waals surface area contributed by atoms with E-state index in [4.69, 9.17) is 0 Å². The van der Waals surface area contributed by atoms with Crippen molar-refractivity contribution in [1.82, 2.24) is 19.9 Å². The second-order valence-electron chi connectivity index (χ2n) is 2.20. The Kier molecular flexibility index (Phi) is 1.69. The zero-order valence-corrected chi connectivity index (χ0v) is 7.88. The van der Waals surface area contributed by atoms with Crippen molar-refractivity contribution in [3.05, 3.63) is 11.1 Å². The number of H-pyrrole nitrogens is 1. The standard InChI is InChI=1S/C6H6BrN5/c1-8-4-3-5(10-2-9-4)12-6(7)11-3/h2H,1H3,(H2,8,9,10,11,12). The minimum Gasteiger partial charge on any atom is -0.371 e. The van der Waals surface area contributed by atoms with E-state index in [1.807, 2.05) is 0 Å². The van der Waals surface area contributed by atoms with Crippen LogP contribution in [0.5, 0.6) is 0 Å². The Bertz CT molecular complexity index is 409. The van der Waals surface area contributed by atoms with Gasteiger partial charge in [0.05, 0.1) is 0 Å². The number of aromatic nitrogens is 4. The third-order valence-corrected chi connectivity index (χ3v) is 1.87. The summed E-state index contributed by atoms with van der Waals surface area (Å²) in [6.45, 7) is 0. The molecule has 0 aliphatic carbocycles. The molecule has 0 amide bonds. The first kappa shape index (κ1) is 7.48. The molecule has 0 radical (unpaired) electrons. The zero-order chi connectivity index (χ0) is 8.55. The van der Waals surface area contributed by atoms with Crippen LogP contribution in [-0.2, 0) is 0 Å². The zero-order valence-electron chi connectivity index (χ0n) is 6.30. The number of imidazole rings is 1. The summed E-state index contributed by atoms with van der Waals surface area (Å²) in [6, 6.07) is 0. The minimum absolute atomic E-state index is 0.654. The van der Waals surface area contributed by atoms with Crippen molar-refractivity contribution in [3.63, 3.8) is 0 Å². The topological polar surface area (TPSA) is 66.5 Å². The molecular weight excluding hydrogens is 222 g/mol. The molecule has 0 unspecified atom stereocenters. The van der Waals surface area contributed by atoms with Crippen molar-refractivity contribution < 1.29 is 0 Å². The SMILES string of the molecule is CNc1ncnc2nc(Br)[nH]c12. The lowest BCUT2D eigenvalue weighted by Gasteiger charge is -1.96. The van der Waals surface area contributed by atoms with Crippen LogP contribution in [0, 0.1) is 0 Å². The number of fused-ring (bicyclic) bond motifs is 1. The van der Waals surface area contributed by atoms with Crippen LogP contribution in [0.15, 0.2) is 11.1 Å². The number of nitrogens with one attached hydrogen (secondary N) is 2. The molecule has 12 heavy (non-hydrogen) atoms. The van der Waals surface area contributed by atoms with E-state index < -0.39 is 0 Å². The monoisotopic (exact) mass is 227 g/mol. The quantitative estimate of drug-likeness (QED) is 0.718. The van der Waals surface area contributed by atoms with Crippen molar-refractivity contribution in [2.24, 2.45) is 0 Å². The van der Waals surface area contributed by atoms with Crippen LogP contribution < -0.4 is 5.32 Å². The number of hydrogen-bond donors (Lipinski definition) is 2. The van der Waals surface area contributed by atoms with E-state index in [1.165, 1.54) is 6.33 Å². The summed E-state index contributed by atoms with van der Waals surface area (Å²) in [5, 5.41) is 2.94. The summed E-state index contributed by atoms with van der Waals surface area (Å²) in [5.74, 6) is 0.748. The lowest BCUT2D eigenvalue weighted by atomic mass is 10.5. The van der Waals surface area contributed by atoms with E-state index in [0.29, 0.717) is 10.4 Å². The Balaban J connectivity index is 2.78. The predicted octanol–water partition coefficient (Wildman–Crippen LogP) is 1.16. The lowest BCUT2D eigenvalue weighted by molar-refractivity contribution is 1.19. The van der Waals surface area contributed by atoms with Gasteiger partial charge in [-0.05, 0) is 15.9 Å². The van der Waals surface area contributed by atoms with Gasteiger partial charge < -0.3 is 10.3 Å². The maximum absolute atomic E-state index is 4.09. The van der Waals surface area contributed by atoms with Crippen LogP contribution >= 0.6 is 15.9 Å². The Morgan fingerprint density at radius 3 is 3.08 bits per heavy atom. The van der Waals surface area contributed by atoms with Gasteiger partial charge in [0.2, 0.25) is 0 Å². The summed E-state index contributed by atoms with van der Waals surface area (Å²) in [4.78, 5) is 15.1. The fourth-order valence-corrected chi connectivity index (χ4v) is 1.36. The van der Waals surface area contributed by atoms with Crippen molar-refractivity contribution >= 4 is 32.9 Å². The highest BCUT2D eigenvalue weighted by Crippen LogP contribution is 2.17. The Morgan fingerprint density at radius 2 is 2.33 bits per heavy atom. The van der Waals surface area contributed by atoms with Gasteiger partial charge in [-0.2, -0.15) is 0 Å². The maximum Gasteiger partial charge on any atom is 0.183 e. The van der Waals surface area contributed by atoms with Gasteiger partial charge in [0, 0.05) is 7.05 Å². The minimum atomic E-state index is 0.654. The predicted molar refractivity (Wildman–Crippen MR) is 48.9 cm³/mol. The molecule has 0 fully saturated rings. The first-order valence-electron chi connectivity index (χ1n) is 3.35. The van der Waals surface area contributed by atoms with Gasteiger partial charge in [-0.25, -0.2) is 15.0 Å². The molecule has 2 aromatic heterocycles. The highest BCUT2D eigenvalue weighted by molar-refractivity contribution is 9.10. The highest BCUT2D eigenvalue weighted by Gasteiger charge is 2.05. The highest BCUT2D eigenvalue weighted by atomic mass is 79.9. The van der Waals surface area contributed by atoms with E-state index in [2.05, 4.69) is 41.2 Å². The lowest BCUT2D eigenvalue weighted by Crippen LogP contribution is -1.93. The second-order valence-corrected chi connectivity index (χ2v) is 2.95. The molecule has 5 nitrogen and oxygen atoms in total. The summed E-state index contributed by atoms with van der Waals surface area (Å²) >= 11 is 3.23. The van der Waals surface area contributed by atoms with Gasteiger partial charge in [-0.3, -0.25) is 0 Å². The number of anilines is 1. The molecule has 0 saturated heterocycles.